The van der Waals surface area contributed by atoms with Crippen molar-refractivity contribution in [3.8, 4) is 44.8 Å². The second-order valence-electron chi connectivity index (χ2n) is 17.0. The van der Waals surface area contributed by atoms with E-state index in [1.807, 2.05) is 12.1 Å². The van der Waals surface area contributed by atoms with Gasteiger partial charge in [-0.15, -0.1) is 35.4 Å². The molecule has 0 aliphatic heterocycles. The van der Waals surface area contributed by atoms with Gasteiger partial charge in [-0.2, -0.15) is 0 Å². The molecule has 2 heterocycles. The van der Waals surface area contributed by atoms with Crippen molar-refractivity contribution in [3.05, 3.63) is 145 Å². The molecule has 309 valence electrons. The minimum Gasteiger partial charge on any atom is -0.305 e. The summed E-state index contributed by atoms with van der Waals surface area (Å²) in [5, 5.41) is 2.98. The number of hydrogen-bond donors (Lipinski definition) is 0. The Morgan fingerprint density at radius 3 is 1.33 bits per heavy atom. The minimum absolute atomic E-state index is 0. The Morgan fingerprint density at radius 2 is 0.877 bits per heavy atom. The molecule has 0 amide bonds. The second kappa shape index (κ2) is 23.6. The molecule has 5 heteroatoms. The molecule has 6 aromatic rings. The van der Waals surface area contributed by atoms with E-state index < -0.39 is 16.1 Å². The Labute approximate surface area is 365 Å². The molecule has 1 radical (unpaired) electrons. The van der Waals surface area contributed by atoms with Gasteiger partial charge in [-0.05, 0) is 75.1 Å². The average Bonchev–Trinajstić information content (AvgIpc) is 3.11. The molecular formula is C52H73IrN2Si2-. The fourth-order valence-electron chi connectivity index (χ4n) is 6.78. The van der Waals surface area contributed by atoms with Crippen LogP contribution in [0.25, 0.3) is 44.8 Å². The summed E-state index contributed by atoms with van der Waals surface area (Å²) in [6.07, 6.45) is 6.50. The van der Waals surface area contributed by atoms with Gasteiger partial charge in [0, 0.05) is 38.1 Å². The first-order valence-corrected chi connectivity index (χ1v) is 25.9. The molecular weight excluding hydrogens is 901 g/mol. The van der Waals surface area contributed by atoms with Crippen LogP contribution in [0, 0.1) is 17.9 Å². The molecule has 57 heavy (non-hydrogen) atoms. The van der Waals surface area contributed by atoms with Crippen LogP contribution in [0.4, 0.5) is 0 Å². The molecule has 0 aliphatic rings. The van der Waals surface area contributed by atoms with E-state index in [-0.39, 0.29) is 49.8 Å². The molecule has 0 aliphatic carbocycles. The van der Waals surface area contributed by atoms with Crippen molar-refractivity contribution in [2.24, 2.45) is 11.8 Å². The van der Waals surface area contributed by atoms with E-state index in [2.05, 4.69) is 189 Å². The van der Waals surface area contributed by atoms with E-state index >= 15 is 0 Å². The number of hydrogen-bond acceptors (Lipinski definition) is 2. The summed E-state index contributed by atoms with van der Waals surface area (Å²) in [7, 11) is -2.80. The van der Waals surface area contributed by atoms with Gasteiger partial charge in [-0.3, -0.25) is 4.98 Å². The standard InChI is InChI=1S/C24H29NSi.C24H28NSi.4CH4.Ir/c2*1-18(2)14-22-16-23(25-17-24(22)26(3,4)5)21-13-9-12-20(15-21)19-10-7-6-8-11-19;;;;;/h6-13,15-18H,14H2,1-5H3;6-12,15-18H,14H2,1-5H3;4*1H4;/q;-1;;;;;. The molecule has 2 nitrogen and oxygen atoms in total. The normalized spacial score (nSPS) is 10.7. The molecule has 0 spiro atoms. The summed E-state index contributed by atoms with van der Waals surface area (Å²) in [5.41, 5.74) is 12.2. The van der Waals surface area contributed by atoms with Crippen molar-refractivity contribution in [1.82, 2.24) is 9.97 Å². The van der Waals surface area contributed by atoms with Crippen molar-refractivity contribution in [2.75, 3.05) is 0 Å². The van der Waals surface area contributed by atoms with Gasteiger partial charge in [-0.1, -0.05) is 187 Å². The van der Waals surface area contributed by atoms with Gasteiger partial charge in [0.05, 0.1) is 21.8 Å². The molecule has 0 saturated heterocycles. The van der Waals surface area contributed by atoms with Crippen molar-refractivity contribution < 1.29 is 20.1 Å². The maximum atomic E-state index is 4.85. The molecule has 6 rings (SSSR count). The molecule has 4 aromatic carbocycles. The summed E-state index contributed by atoms with van der Waals surface area (Å²) in [5.74, 6) is 1.29. The van der Waals surface area contributed by atoms with Gasteiger partial charge < -0.3 is 4.98 Å². The Bertz CT molecular complexity index is 1910. The fourth-order valence-corrected chi connectivity index (χ4v) is 9.96. The van der Waals surface area contributed by atoms with E-state index in [0.29, 0.717) is 11.8 Å². The number of pyridine rings is 2. The summed E-state index contributed by atoms with van der Waals surface area (Å²) in [6, 6.07) is 44.1. The molecule has 0 saturated carbocycles. The number of aromatic nitrogens is 2. The van der Waals surface area contributed by atoms with E-state index in [9.17, 15) is 0 Å². The smallest absolute Gasteiger partial charge is 0.0799 e. The Kier molecular flexibility index (Phi) is 22.1. The maximum Gasteiger partial charge on any atom is 0.0799 e. The molecule has 0 unspecified atom stereocenters. The zero-order valence-electron chi connectivity index (χ0n) is 33.4. The monoisotopic (exact) mass is 974 g/mol. The first-order valence-electron chi connectivity index (χ1n) is 18.9. The number of rotatable bonds is 10. The van der Waals surface area contributed by atoms with Gasteiger partial charge >= 0.3 is 0 Å². The van der Waals surface area contributed by atoms with Crippen molar-refractivity contribution in [2.45, 2.75) is 110 Å². The van der Waals surface area contributed by atoms with Crippen LogP contribution >= 0.6 is 0 Å². The predicted molar refractivity (Wildman–Crippen MR) is 259 cm³/mol. The summed E-state index contributed by atoms with van der Waals surface area (Å²) >= 11 is 0. The molecule has 0 fully saturated rings. The van der Waals surface area contributed by atoms with Gasteiger partial charge in [0.2, 0.25) is 0 Å². The maximum absolute atomic E-state index is 4.85. The van der Waals surface area contributed by atoms with Crippen LogP contribution < -0.4 is 10.4 Å². The van der Waals surface area contributed by atoms with Gasteiger partial charge in [0.1, 0.15) is 0 Å². The first-order chi connectivity index (χ1) is 24.7. The van der Waals surface area contributed by atoms with Crippen LogP contribution in [0.3, 0.4) is 0 Å². The van der Waals surface area contributed by atoms with Gasteiger partial charge in [0.25, 0.3) is 0 Å². The topological polar surface area (TPSA) is 25.8 Å². The quantitative estimate of drug-likeness (QED) is 0.101. The number of nitrogens with zero attached hydrogens (tertiary/aromatic N) is 2. The average molecular weight is 975 g/mol. The third kappa shape index (κ3) is 14.9. The predicted octanol–water partition coefficient (Wildman–Crippen LogP) is 14.7. The largest absolute Gasteiger partial charge is 0.305 e. The molecule has 0 N–H and O–H groups in total. The van der Waals surface area contributed by atoms with E-state index in [1.54, 1.807) is 0 Å². The Morgan fingerprint density at radius 1 is 0.474 bits per heavy atom. The zero-order valence-corrected chi connectivity index (χ0v) is 37.8. The van der Waals surface area contributed by atoms with Crippen molar-refractivity contribution in [3.63, 3.8) is 0 Å². The van der Waals surface area contributed by atoms with Crippen LogP contribution in [-0.2, 0) is 32.9 Å². The SMILES string of the molecule is C.C.C.C.CC(C)Cc1cc(-c2[c-]ccc(-c3ccccc3)c2)ncc1[Si](C)(C)C.CC(C)Cc1cc(-c2cccc(-c3ccccc3)c2)ncc1[Si](C)(C)C.[Ir]. The van der Waals surface area contributed by atoms with E-state index in [4.69, 9.17) is 9.97 Å². The van der Waals surface area contributed by atoms with Crippen LogP contribution in [0.5, 0.6) is 0 Å². The van der Waals surface area contributed by atoms with E-state index in [0.717, 1.165) is 29.8 Å². The van der Waals surface area contributed by atoms with Crippen LogP contribution in [0.1, 0.15) is 68.5 Å². The zero-order chi connectivity index (χ0) is 37.5. The first kappa shape index (κ1) is 53.3. The molecule has 2 aromatic heterocycles. The van der Waals surface area contributed by atoms with Crippen molar-refractivity contribution in [1.29, 1.82) is 0 Å². The van der Waals surface area contributed by atoms with E-state index in [1.165, 1.54) is 49.3 Å². The van der Waals surface area contributed by atoms with Gasteiger partial charge in [0.15, 0.2) is 0 Å². The second-order valence-corrected chi connectivity index (χ2v) is 27.0. The molecule has 0 bridgehead atoms. The summed E-state index contributed by atoms with van der Waals surface area (Å²) < 4.78 is 0. The van der Waals surface area contributed by atoms with Gasteiger partial charge in [-0.25, -0.2) is 0 Å². The summed E-state index contributed by atoms with van der Waals surface area (Å²) in [4.78, 5) is 9.67. The van der Waals surface area contributed by atoms with Crippen molar-refractivity contribution >= 4 is 26.5 Å². The van der Waals surface area contributed by atoms with Crippen LogP contribution in [0.15, 0.2) is 128 Å². The van der Waals surface area contributed by atoms with Crippen LogP contribution in [-0.4, -0.2) is 26.1 Å². The third-order valence-corrected chi connectivity index (χ3v) is 13.4. The Balaban J connectivity index is 0.00000101. The minimum atomic E-state index is -1.40. The fraction of sp³-hybridized carbons (Fsp3) is 0.346. The van der Waals surface area contributed by atoms with Crippen LogP contribution in [0.2, 0.25) is 39.3 Å². The Hall–Kier alpha value is -3.74. The third-order valence-electron chi connectivity index (χ3n) is 9.30. The number of benzene rings is 4. The molecule has 0 atom stereocenters. The summed E-state index contributed by atoms with van der Waals surface area (Å²) in [6.45, 7) is 23.6.